The van der Waals surface area contributed by atoms with E-state index in [0.717, 1.165) is 30.2 Å². The Morgan fingerprint density at radius 2 is 1.62 bits per heavy atom. The molecule has 2 N–H and O–H groups in total. The summed E-state index contributed by atoms with van der Waals surface area (Å²) in [6, 6.07) is 19.1. The van der Waals surface area contributed by atoms with Crippen molar-refractivity contribution in [2.45, 2.75) is 12.8 Å². The van der Waals surface area contributed by atoms with E-state index in [2.05, 4.69) is 32.7 Å². The van der Waals surface area contributed by atoms with Gasteiger partial charge in [-0.25, -0.2) is 4.98 Å². The molecule has 0 unspecified atom stereocenters. The van der Waals surface area contributed by atoms with Crippen LogP contribution in [0.3, 0.4) is 0 Å². The zero-order valence-electron chi connectivity index (χ0n) is 16.4. The van der Waals surface area contributed by atoms with Gasteiger partial charge in [0.2, 0.25) is 0 Å². The molecule has 1 saturated heterocycles. The van der Waals surface area contributed by atoms with Gasteiger partial charge in [0.25, 0.3) is 5.91 Å². The second kappa shape index (κ2) is 8.65. The lowest BCUT2D eigenvalue weighted by atomic mass is 10.2. The number of hydrogen-bond acceptors (Lipinski definition) is 5. The Bertz CT molecular complexity index is 948. The van der Waals surface area contributed by atoms with Crippen molar-refractivity contribution < 1.29 is 9.53 Å². The SMILES string of the molecule is COc1ccc(Nc2ccc(C(=O)Nc3ccc(N4CCCC4)cc3)cn2)cc1. The third-order valence-corrected chi connectivity index (χ3v) is 4.98. The monoisotopic (exact) mass is 388 g/mol. The molecule has 0 bridgehead atoms. The summed E-state index contributed by atoms with van der Waals surface area (Å²) in [5.74, 6) is 1.29. The maximum absolute atomic E-state index is 12.5. The Labute approximate surface area is 170 Å². The Morgan fingerprint density at radius 1 is 0.931 bits per heavy atom. The van der Waals surface area contributed by atoms with Crippen molar-refractivity contribution in [3.05, 3.63) is 72.4 Å². The second-order valence-corrected chi connectivity index (χ2v) is 6.98. The fourth-order valence-corrected chi connectivity index (χ4v) is 3.36. The van der Waals surface area contributed by atoms with Crippen molar-refractivity contribution in [1.82, 2.24) is 4.98 Å². The van der Waals surface area contributed by atoms with Crippen LogP contribution >= 0.6 is 0 Å². The number of benzene rings is 2. The molecule has 6 heteroatoms. The predicted molar refractivity (Wildman–Crippen MR) is 116 cm³/mol. The van der Waals surface area contributed by atoms with Gasteiger partial charge in [0.15, 0.2) is 0 Å². The summed E-state index contributed by atoms with van der Waals surface area (Å²) in [5.41, 5.74) is 3.39. The number of anilines is 4. The summed E-state index contributed by atoms with van der Waals surface area (Å²) in [6.07, 6.45) is 4.06. The van der Waals surface area contributed by atoms with Crippen LogP contribution in [-0.2, 0) is 0 Å². The van der Waals surface area contributed by atoms with Crippen molar-refractivity contribution in [3.8, 4) is 5.75 Å². The lowest BCUT2D eigenvalue weighted by Crippen LogP contribution is -2.17. The number of hydrogen-bond donors (Lipinski definition) is 2. The van der Waals surface area contributed by atoms with E-state index in [1.54, 1.807) is 25.4 Å². The van der Waals surface area contributed by atoms with Crippen LogP contribution in [0.15, 0.2) is 66.9 Å². The summed E-state index contributed by atoms with van der Waals surface area (Å²) in [5, 5.41) is 6.13. The topological polar surface area (TPSA) is 66.5 Å². The van der Waals surface area contributed by atoms with Crippen LogP contribution in [-0.4, -0.2) is 31.1 Å². The minimum atomic E-state index is -0.178. The zero-order valence-corrected chi connectivity index (χ0v) is 16.4. The van der Waals surface area contributed by atoms with Gasteiger partial charge in [-0.1, -0.05) is 0 Å². The Morgan fingerprint density at radius 3 is 2.24 bits per heavy atom. The van der Waals surface area contributed by atoms with E-state index in [0.29, 0.717) is 11.4 Å². The number of rotatable bonds is 6. The number of carbonyl (C=O) groups excluding carboxylic acids is 1. The van der Waals surface area contributed by atoms with Crippen molar-refractivity contribution >= 4 is 28.8 Å². The highest BCUT2D eigenvalue weighted by Gasteiger charge is 2.12. The normalized spacial score (nSPS) is 13.2. The van der Waals surface area contributed by atoms with Gasteiger partial charge in [0, 0.05) is 36.3 Å². The molecule has 2 aromatic carbocycles. The molecule has 1 aliphatic rings. The van der Waals surface area contributed by atoms with E-state index < -0.39 is 0 Å². The molecule has 0 saturated carbocycles. The number of aromatic nitrogens is 1. The van der Waals surface area contributed by atoms with Crippen LogP contribution in [0.25, 0.3) is 0 Å². The van der Waals surface area contributed by atoms with Crippen molar-refractivity contribution in [2.24, 2.45) is 0 Å². The number of nitrogens with one attached hydrogen (secondary N) is 2. The molecule has 1 aromatic heterocycles. The van der Waals surface area contributed by atoms with Crippen LogP contribution in [0.1, 0.15) is 23.2 Å². The Hall–Kier alpha value is -3.54. The van der Waals surface area contributed by atoms with Crippen molar-refractivity contribution in [3.63, 3.8) is 0 Å². The first-order chi connectivity index (χ1) is 14.2. The largest absolute Gasteiger partial charge is 0.497 e. The predicted octanol–water partition coefficient (Wildman–Crippen LogP) is 4.69. The molecule has 0 spiro atoms. The highest BCUT2D eigenvalue weighted by Crippen LogP contribution is 2.23. The highest BCUT2D eigenvalue weighted by atomic mass is 16.5. The van der Waals surface area contributed by atoms with E-state index in [4.69, 9.17) is 4.74 Å². The molecule has 2 heterocycles. The number of methoxy groups -OCH3 is 1. The standard InChI is InChI=1S/C23H24N4O2/c1-29-21-11-7-18(8-12-21)25-22-13-4-17(16-24-22)23(28)26-19-5-9-20(10-6-19)27-14-2-3-15-27/h4-13,16H,2-3,14-15H2,1H3,(H,24,25)(H,26,28). The van der Waals surface area contributed by atoms with Gasteiger partial charge in [-0.15, -0.1) is 0 Å². The second-order valence-electron chi connectivity index (χ2n) is 6.98. The maximum atomic E-state index is 12.5. The van der Waals surface area contributed by atoms with E-state index in [1.165, 1.54) is 18.5 Å². The smallest absolute Gasteiger partial charge is 0.257 e. The zero-order chi connectivity index (χ0) is 20.1. The van der Waals surface area contributed by atoms with E-state index in [9.17, 15) is 4.79 Å². The van der Waals surface area contributed by atoms with Crippen molar-refractivity contribution in [1.29, 1.82) is 0 Å². The van der Waals surface area contributed by atoms with Crippen LogP contribution in [0.2, 0.25) is 0 Å². The molecular formula is C23H24N4O2. The van der Waals surface area contributed by atoms with Gasteiger partial charge >= 0.3 is 0 Å². The van der Waals surface area contributed by atoms with Gasteiger partial charge in [0.1, 0.15) is 11.6 Å². The highest BCUT2D eigenvalue weighted by molar-refractivity contribution is 6.04. The van der Waals surface area contributed by atoms with Crippen LogP contribution in [0.4, 0.5) is 22.9 Å². The average molecular weight is 388 g/mol. The molecule has 1 amide bonds. The molecule has 4 rings (SSSR count). The van der Waals surface area contributed by atoms with E-state index in [-0.39, 0.29) is 5.91 Å². The molecule has 3 aromatic rings. The first kappa shape index (κ1) is 18.8. The molecule has 0 radical (unpaired) electrons. The molecule has 148 valence electrons. The minimum absolute atomic E-state index is 0.178. The van der Waals surface area contributed by atoms with Gasteiger partial charge < -0.3 is 20.3 Å². The number of pyridine rings is 1. The van der Waals surface area contributed by atoms with Crippen molar-refractivity contribution in [2.75, 3.05) is 35.7 Å². The van der Waals surface area contributed by atoms with Crippen LogP contribution in [0.5, 0.6) is 5.75 Å². The fraction of sp³-hybridized carbons (Fsp3) is 0.217. The number of amides is 1. The van der Waals surface area contributed by atoms with E-state index in [1.807, 2.05) is 36.4 Å². The molecule has 1 aliphatic heterocycles. The first-order valence-electron chi connectivity index (χ1n) is 9.75. The summed E-state index contributed by atoms with van der Waals surface area (Å²) in [4.78, 5) is 19.2. The summed E-state index contributed by atoms with van der Waals surface area (Å²) < 4.78 is 5.15. The summed E-state index contributed by atoms with van der Waals surface area (Å²) >= 11 is 0. The number of nitrogens with zero attached hydrogens (tertiary/aromatic N) is 2. The first-order valence-corrected chi connectivity index (χ1v) is 9.75. The molecule has 0 aliphatic carbocycles. The van der Waals surface area contributed by atoms with Gasteiger partial charge in [-0.3, -0.25) is 4.79 Å². The number of ether oxygens (including phenoxy) is 1. The Balaban J connectivity index is 1.36. The lowest BCUT2D eigenvalue weighted by molar-refractivity contribution is 0.102. The third-order valence-electron chi connectivity index (χ3n) is 4.98. The average Bonchev–Trinajstić information content (AvgIpc) is 3.30. The molecule has 29 heavy (non-hydrogen) atoms. The van der Waals surface area contributed by atoms with Gasteiger partial charge in [-0.05, 0) is 73.5 Å². The third kappa shape index (κ3) is 4.66. The van der Waals surface area contributed by atoms with Crippen LogP contribution < -0.4 is 20.3 Å². The quantitative estimate of drug-likeness (QED) is 0.641. The minimum Gasteiger partial charge on any atom is -0.497 e. The van der Waals surface area contributed by atoms with Crippen LogP contribution in [0, 0.1) is 0 Å². The number of carbonyl (C=O) groups is 1. The van der Waals surface area contributed by atoms with E-state index >= 15 is 0 Å². The molecule has 0 atom stereocenters. The molecule has 1 fully saturated rings. The molecule has 6 nitrogen and oxygen atoms in total. The van der Waals surface area contributed by atoms with Gasteiger partial charge in [0.05, 0.1) is 12.7 Å². The molecular weight excluding hydrogens is 364 g/mol. The summed E-state index contributed by atoms with van der Waals surface area (Å²) in [6.45, 7) is 2.21. The Kier molecular flexibility index (Phi) is 5.61. The lowest BCUT2D eigenvalue weighted by Gasteiger charge is -2.17. The summed E-state index contributed by atoms with van der Waals surface area (Å²) in [7, 11) is 1.63. The van der Waals surface area contributed by atoms with Gasteiger partial charge in [-0.2, -0.15) is 0 Å². The maximum Gasteiger partial charge on any atom is 0.257 e. The fourth-order valence-electron chi connectivity index (χ4n) is 3.36.